The number of imidazole rings is 1. The molecule has 3 fully saturated rings. The second-order valence-electron chi connectivity index (χ2n) is 14.3. The molecule has 2 N–H and O–H groups in total. The van der Waals surface area contributed by atoms with Gasteiger partial charge in [0.2, 0.25) is 17.7 Å². The van der Waals surface area contributed by atoms with Crippen LogP contribution in [-0.4, -0.2) is 122 Å². The molecule has 0 bridgehead atoms. The van der Waals surface area contributed by atoms with E-state index >= 15 is 0 Å². The number of ether oxygens (including phenoxy) is 1. The minimum atomic E-state index is -0.453. The fraction of sp³-hybridized carbons (Fsp3) is 0.359. The van der Waals surface area contributed by atoms with Crippen LogP contribution in [0.1, 0.15) is 40.4 Å². The van der Waals surface area contributed by atoms with Crippen molar-refractivity contribution < 1.29 is 23.9 Å². The Morgan fingerprint density at radius 1 is 0.927 bits per heavy atom. The highest BCUT2D eigenvalue weighted by Crippen LogP contribution is 2.36. The average Bonchev–Trinajstić information content (AvgIpc) is 3.78. The summed E-state index contributed by atoms with van der Waals surface area (Å²) in [6.07, 6.45) is 4.22. The lowest BCUT2D eigenvalue weighted by Crippen LogP contribution is -2.61. The highest BCUT2D eigenvalue weighted by atomic mass is 35.5. The molecule has 1 unspecified atom stereocenters. The Bertz CT molecular complexity index is 2280. The van der Waals surface area contributed by atoms with Gasteiger partial charge in [0.15, 0.2) is 11.4 Å². The van der Waals surface area contributed by atoms with E-state index in [0.29, 0.717) is 91.2 Å². The zero-order valence-corrected chi connectivity index (χ0v) is 31.5. The van der Waals surface area contributed by atoms with E-state index in [2.05, 4.69) is 30.3 Å². The first-order chi connectivity index (χ1) is 26.5. The largest absolute Gasteiger partial charge is 0.453 e. The number of carbonyl (C=O) groups is 4. The number of H-pyrrole nitrogens is 1. The second-order valence-corrected chi connectivity index (χ2v) is 14.7. The molecule has 284 valence electrons. The summed E-state index contributed by atoms with van der Waals surface area (Å²) in [4.78, 5) is 71.6. The number of carbonyl (C=O) groups excluding carboxylic acids is 4. The maximum atomic E-state index is 13.8. The van der Waals surface area contributed by atoms with Crippen molar-refractivity contribution in [1.82, 2.24) is 44.7 Å². The molecule has 3 aliphatic heterocycles. The number of nitrogens with one attached hydrogen (secondary N) is 2. The molecule has 3 aliphatic rings. The van der Waals surface area contributed by atoms with Crippen molar-refractivity contribution in [3.8, 4) is 22.9 Å². The number of amides is 4. The Morgan fingerprint density at radius 2 is 1.65 bits per heavy atom. The third-order valence-corrected chi connectivity index (χ3v) is 11.0. The molecule has 0 saturated carbocycles. The van der Waals surface area contributed by atoms with Gasteiger partial charge in [-0.25, -0.2) is 9.97 Å². The highest BCUT2D eigenvalue weighted by molar-refractivity contribution is 6.32. The van der Waals surface area contributed by atoms with Crippen LogP contribution in [0.15, 0.2) is 60.9 Å². The van der Waals surface area contributed by atoms with Crippen LogP contribution >= 0.6 is 11.6 Å². The number of piperidine rings is 1. The maximum absolute atomic E-state index is 13.8. The fourth-order valence-electron chi connectivity index (χ4n) is 7.59. The summed E-state index contributed by atoms with van der Waals surface area (Å²) in [5, 5.41) is 7.13. The van der Waals surface area contributed by atoms with Crippen LogP contribution in [0.5, 0.6) is 11.5 Å². The fourth-order valence-corrected chi connectivity index (χ4v) is 7.77. The van der Waals surface area contributed by atoms with E-state index in [1.54, 1.807) is 33.8 Å². The number of rotatable bonds is 7. The smallest absolute Gasteiger partial charge is 0.253 e. The van der Waals surface area contributed by atoms with Gasteiger partial charge in [-0.2, -0.15) is 5.10 Å². The van der Waals surface area contributed by atoms with Crippen LogP contribution in [0.3, 0.4) is 0 Å². The van der Waals surface area contributed by atoms with Crippen LogP contribution < -0.4 is 15.0 Å². The van der Waals surface area contributed by atoms with Crippen molar-refractivity contribution >= 4 is 52.1 Å². The zero-order chi connectivity index (χ0) is 38.4. The van der Waals surface area contributed by atoms with E-state index < -0.39 is 6.04 Å². The molecule has 2 aromatic carbocycles. The summed E-state index contributed by atoms with van der Waals surface area (Å²) in [6, 6.07) is 14.3. The lowest BCUT2D eigenvalue weighted by Gasteiger charge is -2.43. The predicted octanol–water partition coefficient (Wildman–Crippen LogP) is 3.74. The van der Waals surface area contributed by atoms with E-state index in [0.717, 1.165) is 22.5 Å². The number of piperazine rings is 2. The van der Waals surface area contributed by atoms with Gasteiger partial charge in [-0.3, -0.25) is 34.1 Å². The van der Waals surface area contributed by atoms with Gasteiger partial charge in [0.25, 0.3) is 5.91 Å². The molecule has 3 aromatic heterocycles. The SMILES string of the molecule is Cc1nn(C)cc1-c1nc2ncc(Cl)c(Oc3ccc(C(=O)N4CCN(C)C(C(=O)N5CCN(c6ccc([C@@H]7CCC(=O)NC7=O)cc6)CC5)C4)cc3)c2[nH]1. The number of aromatic nitrogens is 5. The molecule has 16 heteroatoms. The number of anilines is 1. The minimum Gasteiger partial charge on any atom is -0.453 e. The predicted molar refractivity (Wildman–Crippen MR) is 205 cm³/mol. The summed E-state index contributed by atoms with van der Waals surface area (Å²) in [5.41, 5.74) is 5.05. The van der Waals surface area contributed by atoms with Crippen molar-refractivity contribution in [2.24, 2.45) is 7.05 Å². The zero-order valence-electron chi connectivity index (χ0n) is 30.8. The number of fused-ring (bicyclic) bond motifs is 1. The first kappa shape index (κ1) is 36.2. The number of aromatic amines is 1. The molecule has 8 rings (SSSR count). The van der Waals surface area contributed by atoms with Gasteiger partial charge in [-0.15, -0.1) is 0 Å². The molecule has 0 spiro atoms. The summed E-state index contributed by atoms with van der Waals surface area (Å²) in [6.45, 7) is 5.72. The van der Waals surface area contributed by atoms with Gasteiger partial charge >= 0.3 is 0 Å². The van der Waals surface area contributed by atoms with E-state index in [4.69, 9.17) is 16.3 Å². The molecule has 0 aliphatic carbocycles. The molecule has 5 aromatic rings. The Hall–Kier alpha value is -5.80. The Kier molecular flexibility index (Phi) is 9.73. The second kappa shape index (κ2) is 14.8. The first-order valence-corrected chi connectivity index (χ1v) is 18.7. The Labute approximate surface area is 322 Å². The van der Waals surface area contributed by atoms with Crippen LogP contribution in [0.4, 0.5) is 5.69 Å². The molecule has 4 amide bonds. The summed E-state index contributed by atoms with van der Waals surface area (Å²) in [5.74, 6) is 0.516. The minimum absolute atomic E-state index is 0.0119. The number of nitrogens with zero attached hydrogens (tertiary/aromatic N) is 8. The van der Waals surface area contributed by atoms with Gasteiger partial charge in [0.05, 0.1) is 23.4 Å². The van der Waals surface area contributed by atoms with Gasteiger partial charge in [0, 0.05) is 76.7 Å². The summed E-state index contributed by atoms with van der Waals surface area (Å²) in [7, 11) is 3.78. The summed E-state index contributed by atoms with van der Waals surface area (Å²) >= 11 is 6.54. The van der Waals surface area contributed by atoms with Crippen LogP contribution in [0, 0.1) is 6.92 Å². The van der Waals surface area contributed by atoms with Crippen molar-refractivity contribution in [3.63, 3.8) is 0 Å². The molecular formula is C39H41ClN10O5. The Morgan fingerprint density at radius 3 is 2.35 bits per heavy atom. The van der Waals surface area contributed by atoms with Gasteiger partial charge in [-0.1, -0.05) is 23.7 Å². The van der Waals surface area contributed by atoms with E-state index in [-0.39, 0.29) is 36.1 Å². The number of hydrogen-bond acceptors (Lipinski definition) is 10. The van der Waals surface area contributed by atoms with Crippen molar-refractivity contribution in [3.05, 3.63) is 82.8 Å². The number of hydrogen-bond donors (Lipinski definition) is 2. The van der Waals surface area contributed by atoms with Crippen molar-refractivity contribution in [1.29, 1.82) is 0 Å². The molecule has 0 radical (unpaired) electrons. The van der Waals surface area contributed by atoms with Gasteiger partial charge in [-0.05, 0) is 62.4 Å². The van der Waals surface area contributed by atoms with Gasteiger partial charge < -0.3 is 24.4 Å². The average molecular weight is 765 g/mol. The van der Waals surface area contributed by atoms with Gasteiger partial charge in [0.1, 0.15) is 28.2 Å². The van der Waals surface area contributed by atoms with Crippen LogP contribution in [-0.2, 0) is 21.4 Å². The highest BCUT2D eigenvalue weighted by Gasteiger charge is 2.36. The molecule has 6 heterocycles. The number of pyridine rings is 1. The molecule has 2 atom stereocenters. The number of benzene rings is 2. The lowest BCUT2D eigenvalue weighted by molar-refractivity contribution is -0.138. The lowest BCUT2D eigenvalue weighted by atomic mass is 9.90. The summed E-state index contributed by atoms with van der Waals surface area (Å²) < 4.78 is 7.94. The number of halogens is 1. The van der Waals surface area contributed by atoms with Crippen LogP contribution in [0.25, 0.3) is 22.6 Å². The normalized spacial score (nSPS) is 19.5. The Balaban J connectivity index is 0.880. The number of likely N-dealkylation sites (N-methyl/N-ethyl adjacent to an activating group) is 1. The third kappa shape index (κ3) is 7.24. The van der Waals surface area contributed by atoms with Crippen LogP contribution in [0.2, 0.25) is 5.02 Å². The molecule has 55 heavy (non-hydrogen) atoms. The maximum Gasteiger partial charge on any atom is 0.253 e. The van der Waals surface area contributed by atoms with Crippen molar-refractivity contribution in [2.75, 3.05) is 57.8 Å². The van der Waals surface area contributed by atoms with E-state index in [9.17, 15) is 19.2 Å². The number of imide groups is 1. The first-order valence-electron chi connectivity index (χ1n) is 18.3. The van der Waals surface area contributed by atoms with Crippen molar-refractivity contribution in [2.45, 2.75) is 31.7 Å². The monoisotopic (exact) mass is 764 g/mol. The quantitative estimate of drug-likeness (QED) is 0.234. The standard InChI is InChI=1S/C39H41ClN10O5/c1-23-29(21-47(3)45-23)35-43-33-34(30(40)20-41-36(33)44-35)55-27-10-6-25(7-11-27)38(53)50-15-14-46(2)31(22-50)39(54)49-18-16-48(17-19-49)26-8-4-24(5-9-26)28-12-13-32(51)42-37(28)52/h4-11,20-21,28,31H,12-19,22H2,1-3H3,(H,41,43,44)(H,42,51,52)/t28-,31?/m0/s1. The number of aryl methyl sites for hydroxylation is 2. The molecule has 3 saturated heterocycles. The third-order valence-electron chi connectivity index (χ3n) is 10.7. The van der Waals surface area contributed by atoms with E-state index in [1.165, 1.54) is 6.20 Å². The molecular weight excluding hydrogens is 724 g/mol. The topological polar surface area (TPSA) is 162 Å². The molecule has 15 nitrogen and oxygen atoms in total. The van der Waals surface area contributed by atoms with E-state index in [1.807, 2.05) is 61.3 Å².